The van der Waals surface area contributed by atoms with Gasteiger partial charge in [-0.3, -0.25) is 9.48 Å². The summed E-state index contributed by atoms with van der Waals surface area (Å²) >= 11 is 0. The van der Waals surface area contributed by atoms with Crippen molar-refractivity contribution < 1.29 is 9.47 Å². The first-order valence-electron chi connectivity index (χ1n) is 10.2. The Morgan fingerprint density at radius 2 is 1.94 bits per heavy atom. The molecule has 11 nitrogen and oxygen atoms in total. The van der Waals surface area contributed by atoms with Gasteiger partial charge < -0.3 is 24.8 Å². The lowest BCUT2D eigenvalue weighted by molar-refractivity contribution is 0.184. The number of hydrogen-bond acceptors (Lipinski definition) is 8. The van der Waals surface area contributed by atoms with Gasteiger partial charge in [0.25, 0.3) is 5.56 Å². The smallest absolute Gasteiger partial charge is 0.261 e. The lowest BCUT2D eigenvalue weighted by Crippen LogP contribution is -2.22. The van der Waals surface area contributed by atoms with E-state index in [1.807, 2.05) is 18.2 Å². The molecule has 1 atom stereocenters. The van der Waals surface area contributed by atoms with E-state index in [1.165, 1.54) is 0 Å². The fourth-order valence-electron chi connectivity index (χ4n) is 3.79. The van der Waals surface area contributed by atoms with Crippen molar-refractivity contribution in [2.75, 3.05) is 26.1 Å². The van der Waals surface area contributed by atoms with Crippen LogP contribution < -0.4 is 15.6 Å². The van der Waals surface area contributed by atoms with E-state index < -0.39 is 6.04 Å². The van der Waals surface area contributed by atoms with Crippen LogP contribution in [0.15, 0.2) is 47.7 Å². The van der Waals surface area contributed by atoms with Gasteiger partial charge in [0.15, 0.2) is 5.82 Å². The Bertz CT molecular complexity index is 1490. The van der Waals surface area contributed by atoms with E-state index in [9.17, 15) is 4.79 Å². The number of aromatic amines is 2. The Morgan fingerprint density at radius 1 is 1.15 bits per heavy atom. The first kappa shape index (κ1) is 22.9. The average molecular weight is 463 g/mol. The molecule has 176 valence electrons. The molecule has 0 aliphatic heterocycles. The average Bonchev–Trinajstić information content (AvgIpc) is 3.40. The summed E-state index contributed by atoms with van der Waals surface area (Å²) in [5.74, 6) is 1.62. The van der Waals surface area contributed by atoms with Crippen LogP contribution in [-0.2, 0) is 11.8 Å². The summed E-state index contributed by atoms with van der Waals surface area (Å²) in [5, 5.41) is 7.97. The SMILES string of the molecule is C.COC[C@H](Nc1c(-c2nc3ccc(OC)cc3[nH]2)c(=O)[nH]c2cn(C)nc12)c1ncccn1. The normalized spacial score (nSPS) is 12.0. The number of nitrogens with zero attached hydrogens (tertiary/aromatic N) is 5. The van der Waals surface area contributed by atoms with Crippen LogP contribution in [0.3, 0.4) is 0 Å². The van der Waals surface area contributed by atoms with Gasteiger partial charge in [-0.05, 0) is 18.2 Å². The molecule has 5 rings (SSSR count). The minimum absolute atomic E-state index is 0. The molecular formula is C23H26N8O3. The van der Waals surface area contributed by atoms with Gasteiger partial charge in [-0.2, -0.15) is 5.10 Å². The van der Waals surface area contributed by atoms with E-state index in [-0.39, 0.29) is 19.6 Å². The number of pyridine rings is 1. The highest BCUT2D eigenvalue weighted by Crippen LogP contribution is 2.32. The molecule has 0 saturated carbocycles. The topological polar surface area (TPSA) is 136 Å². The van der Waals surface area contributed by atoms with Gasteiger partial charge in [0.05, 0.1) is 36.0 Å². The molecule has 0 spiro atoms. The van der Waals surface area contributed by atoms with E-state index in [0.29, 0.717) is 45.2 Å². The molecule has 11 heteroatoms. The molecule has 0 aliphatic carbocycles. The first-order valence-corrected chi connectivity index (χ1v) is 10.2. The molecular weight excluding hydrogens is 436 g/mol. The van der Waals surface area contributed by atoms with E-state index >= 15 is 0 Å². The van der Waals surface area contributed by atoms with Crippen LogP contribution in [0.1, 0.15) is 19.3 Å². The maximum Gasteiger partial charge on any atom is 0.261 e. The summed E-state index contributed by atoms with van der Waals surface area (Å²) in [4.78, 5) is 32.8. The fraction of sp³-hybridized carbons (Fsp3) is 0.261. The van der Waals surface area contributed by atoms with E-state index in [2.05, 4.69) is 35.3 Å². The number of fused-ring (bicyclic) bond motifs is 2. The molecule has 0 saturated heterocycles. The molecule has 34 heavy (non-hydrogen) atoms. The minimum atomic E-state index is -0.425. The van der Waals surface area contributed by atoms with Crippen molar-refractivity contribution in [3.05, 3.63) is 59.0 Å². The summed E-state index contributed by atoms with van der Waals surface area (Å²) in [6.45, 7) is 0.280. The quantitative estimate of drug-likeness (QED) is 0.336. The van der Waals surface area contributed by atoms with Crippen molar-refractivity contribution in [2.45, 2.75) is 13.5 Å². The second-order valence-electron chi connectivity index (χ2n) is 7.50. The molecule has 4 heterocycles. The molecule has 0 bridgehead atoms. The van der Waals surface area contributed by atoms with Crippen LogP contribution in [0.5, 0.6) is 5.75 Å². The summed E-state index contributed by atoms with van der Waals surface area (Å²) in [7, 11) is 4.99. The Kier molecular flexibility index (Phi) is 6.28. The molecule has 4 aromatic heterocycles. The van der Waals surface area contributed by atoms with Gasteiger partial charge in [0, 0.05) is 38.8 Å². The van der Waals surface area contributed by atoms with Crippen molar-refractivity contribution >= 4 is 27.8 Å². The first-order chi connectivity index (χ1) is 16.1. The maximum atomic E-state index is 13.3. The largest absolute Gasteiger partial charge is 0.497 e. The zero-order valence-electron chi connectivity index (χ0n) is 18.3. The number of hydrogen-bond donors (Lipinski definition) is 3. The molecule has 0 amide bonds. The number of H-pyrrole nitrogens is 2. The zero-order valence-corrected chi connectivity index (χ0v) is 18.3. The van der Waals surface area contributed by atoms with Crippen LogP contribution >= 0.6 is 0 Å². The number of imidazole rings is 1. The minimum Gasteiger partial charge on any atom is -0.497 e. The van der Waals surface area contributed by atoms with Crippen LogP contribution in [0.4, 0.5) is 5.69 Å². The van der Waals surface area contributed by atoms with Crippen LogP contribution in [0.2, 0.25) is 0 Å². The van der Waals surface area contributed by atoms with Gasteiger partial charge in [-0.15, -0.1) is 0 Å². The monoisotopic (exact) mass is 462 g/mol. The summed E-state index contributed by atoms with van der Waals surface area (Å²) in [6.07, 6.45) is 5.07. The van der Waals surface area contributed by atoms with Crippen molar-refractivity contribution in [1.82, 2.24) is 34.7 Å². The third-order valence-corrected chi connectivity index (χ3v) is 5.27. The summed E-state index contributed by atoms with van der Waals surface area (Å²) < 4.78 is 12.4. The summed E-state index contributed by atoms with van der Waals surface area (Å²) in [5.41, 5.74) is 3.16. The van der Waals surface area contributed by atoms with Gasteiger partial charge in [0.1, 0.15) is 28.7 Å². The highest BCUT2D eigenvalue weighted by Gasteiger charge is 2.24. The van der Waals surface area contributed by atoms with Gasteiger partial charge in [0.2, 0.25) is 0 Å². The van der Waals surface area contributed by atoms with Crippen LogP contribution in [0.25, 0.3) is 33.5 Å². The molecule has 0 unspecified atom stereocenters. The number of ether oxygens (including phenoxy) is 2. The Morgan fingerprint density at radius 3 is 2.68 bits per heavy atom. The Labute approximate surface area is 195 Å². The van der Waals surface area contributed by atoms with Crippen molar-refractivity contribution in [3.63, 3.8) is 0 Å². The third kappa shape index (κ3) is 4.08. The standard InChI is InChI=1S/C22H22N8O3.CH4/c1-30-10-15-18(29-30)19(25-16(11-32-2)20-23-7-4-8-24-20)17(22(31)28-15)21-26-13-6-5-12(33-3)9-14(13)27-21;/h4-10,16,25H,11H2,1-3H3,(H,26,27)(H,28,31);1H4/t16-;/m0./s1. The van der Waals surface area contributed by atoms with Crippen LogP contribution in [0, 0.1) is 0 Å². The fourth-order valence-corrected chi connectivity index (χ4v) is 3.79. The number of nitrogens with one attached hydrogen (secondary N) is 3. The zero-order chi connectivity index (χ0) is 22.9. The number of anilines is 1. The lowest BCUT2D eigenvalue weighted by Gasteiger charge is -2.19. The van der Waals surface area contributed by atoms with E-state index in [1.54, 1.807) is 50.6 Å². The van der Waals surface area contributed by atoms with E-state index in [0.717, 1.165) is 5.52 Å². The number of aryl methyl sites for hydroxylation is 1. The number of rotatable bonds is 7. The Hall–Kier alpha value is -4.25. The second kappa shape index (κ2) is 9.32. The highest BCUT2D eigenvalue weighted by molar-refractivity contribution is 5.96. The highest BCUT2D eigenvalue weighted by atomic mass is 16.5. The van der Waals surface area contributed by atoms with Gasteiger partial charge >= 0.3 is 0 Å². The number of aromatic nitrogens is 7. The molecule has 0 fully saturated rings. The molecule has 0 aliphatic rings. The third-order valence-electron chi connectivity index (χ3n) is 5.27. The molecule has 1 aromatic carbocycles. The van der Waals surface area contributed by atoms with Crippen molar-refractivity contribution in [1.29, 1.82) is 0 Å². The van der Waals surface area contributed by atoms with E-state index in [4.69, 9.17) is 9.47 Å². The summed E-state index contributed by atoms with van der Waals surface area (Å²) in [6, 6.07) is 6.80. The molecule has 5 aromatic rings. The number of methoxy groups -OCH3 is 2. The van der Waals surface area contributed by atoms with Crippen LogP contribution in [-0.4, -0.2) is 55.5 Å². The predicted octanol–water partition coefficient (Wildman–Crippen LogP) is 3.04. The Balaban J connectivity index is 0.00000274. The lowest BCUT2D eigenvalue weighted by atomic mass is 10.1. The molecule has 0 radical (unpaired) electrons. The second-order valence-corrected chi connectivity index (χ2v) is 7.50. The molecule has 3 N–H and O–H groups in total. The number of benzene rings is 1. The van der Waals surface area contributed by atoms with Gasteiger partial charge in [-0.1, -0.05) is 7.43 Å². The van der Waals surface area contributed by atoms with Gasteiger partial charge in [-0.25, -0.2) is 15.0 Å². The predicted molar refractivity (Wildman–Crippen MR) is 130 cm³/mol. The van der Waals surface area contributed by atoms with Crippen molar-refractivity contribution in [2.24, 2.45) is 7.05 Å². The van der Waals surface area contributed by atoms with Crippen molar-refractivity contribution in [3.8, 4) is 17.1 Å². The maximum absolute atomic E-state index is 13.3.